The molecular weight excluding hydrogens is 372 g/mol. The predicted molar refractivity (Wildman–Crippen MR) is 112 cm³/mol. The fourth-order valence-electron chi connectivity index (χ4n) is 3.60. The molecule has 0 spiro atoms. The van der Waals surface area contributed by atoms with Gasteiger partial charge in [-0.2, -0.15) is 0 Å². The zero-order valence-corrected chi connectivity index (χ0v) is 17.4. The molecule has 2 aromatic carbocycles. The van der Waals surface area contributed by atoms with Crippen LogP contribution in [-0.4, -0.2) is 38.9 Å². The van der Waals surface area contributed by atoms with Crippen molar-refractivity contribution in [2.75, 3.05) is 23.9 Å². The van der Waals surface area contributed by atoms with E-state index in [9.17, 15) is 13.2 Å². The van der Waals surface area contributed by atoms with Crippen LogP contribution in [0.4, 0.5) is 5.69 Å². The Labute approximate surface area is 168 Å². The average Bonchev–Trinajstić information content (AvgIpc) is 2.73. The molecule has 1 amide bonds. The quantitative estimate of drug-likeness (QED) is 0.703. The lowest BCUT2D eigenvalue weighted by atomic mass is 10.0. The third kappa shape index (κ3) is 4.07. The second-order valence-corrected chi connectivity index (χ2v) is 8.94. The predicted octanol–water partition coefficient (Wildman–Crippen LogP) is 4.09. The summed E-state index contributed by atoms with van der Waals surface area (Å²) in [6, 6.07) is 14.1. The molecule has 0 saturated carbocycles. The summed E-state index contributed by atoms with van der Waals surface area (Å²) in [7, 11) is -3.72. The number of fused-ring (bicyclic) bond motifs is 1. The summed E-state index contributed by atoms with van der Waals surface area (Å²) >= 11 is 0. The van der Waals surface area contributed by atoms with Crippen molar-refractivity contribution in [2.24, 2.45) is 0 Å². The van der Waals surface area contributed by atoms with Crippen LogP contribution in [-0.2, 0) is 16.4 Å². The Kier molecular flexibility index (Phi) is 6.39. The van der Waals surface area contributed by atoms with Gasteiger partial charge in [0.1, 0.15) is 0 Å². The first kappa shape index (κ1) is 20.4. The highest BCUT2D eigenvalue weighted by Crippen LogP contribution is 2.32. The molecule has 0 bridgehead atoms. The van der Waals surface area contributed by atoms with E-state index in [1.54, 1.807) is 23.1 Å². The van der Waals surface area contributed by atoms with Crippen molar-refractivity contribution in [1.82, 2.24) is 4.90 Å². The normalized spacial score (nSPS) is 13.9. The van der Waals surface area contributed by atoms with Gasteiger partial charge in [0.2, 0.25) is 0 Å². The number of amides is 1. The molecule has 150 valence electrons. The second-order valence-electron chi connectivity index (χ2n) is 7.08. The third-order valence-electron chi connectivity index (χ3n) is 5.19. The molecule has 1 aliphatic heterocycles. The first-order valence-corrected chi connectivity index (χ1v) is 11.4. The van der Waals surface area contributed by atoms with Crippen molar-refractivity contribution in [1.29, 1.82) is 0 Å². The van der Waals surface area contributed by atoms with E-state index in [0.29, 0.717) is 25.2 Å². The maximum atomic E-state index is 13.3. The van der Waals surface area contributed by atoms with Gasteiger partial charge in [-0.3, -0.25) is 9.10 Å². The van der Waals surface area contributed by atoms with Gasteiger partial charge < -0.3 is 4.90 Å². The molecule has 0 N–H and O–H groups in total. The maximum absolute atomic E-state index is 13.3. The van der Waals surface area contributed by atoms with Gasteiger partial charge in [0.15, 0.2) is 0 Å². The number of unbranched alkanes of at least 4 members (excludes halogenated alkanes) is 1. The molecule has 6 heteroatoms. The maximum Gasteiger partial charge on any atom is 0.264 e. The van der Waals surface area contributed by atoms with Crippen LogP contribution < -0.4 is 4.31 Å². The van der Waals surface area contributed by atoms with Crippen LogP contribution in [0.25, 0.3) is 0 Å². The second kappa shape index (κ2) is 8.78. The molecule has 0 aliphatic carbocycles. The van der Waals surface area contributed by atoms with Gasteiger partial charge in [-0.05, 0) is 56.0 Å². The molecule has 0 aromatic heterocycles. The van der Waals surface area contributed by atoms with E-state index in [0.717, 1.165) is 36.9 Å². The minimum absolute atomic E-state index is 0.118. The van der Waals surface area contributed by atoms with Crippen molar-refractivity contribution < 1.29 is 13.2 Å². The highest BCUT2D eigenvalue weighted by Gasteiger charge is 2.29. The minimum Gasteiger partial charge on any atom is -0.339 e. The number of hydrogen-bond donors (Lipinski definition) is 0. The van der Waals surface area contributed by atoms with Gasteiger partial charge >= 0.3 is 0 Å². The molecule has 3 rings (SSSR count). The number of rotatable bonds is 7. The van der Waals surface area contributed by atoms with Gasteiger partial charge in [0.25, 0.3) is 15.9 Å². The summed E-state index contributed by atoms with van der Waals surface area (Å²) in [5, 5.41) is 0. The number of anilines is 1. The van der Waals surface area contributed by atoms with E-state index < -0.39 is 10.0 Å². The van der Waals surface area contributed by atoms with Crippen LogP contribution in [0.1, 0.15) is 49.0 Å². The van der Waals surface area contributed by atoms with E-state index in [1.807, 2.05) is 31.2 Å². The summed E-state index contributed by atoms with van der Waals surface area (Å²) in [6.45, 7) is 5.77. The smallest absolute Gasteiger partial charge is 0.264 e. The van der Waals surface area contributed by atoms with Gasteiger partial charge in [-0.15, -0.1) is 0 Å². The number of sulfonamides is 1. The van der Waals surface area contributed by atoms with Crippen LogP contribution in [0.2, 0.25) is 0 Å². The van der Waals surface area contributed by atoms with Gasteiger partial charge in [0.05, 0.1) is 10.6 Å². The van der Waals surface area contributed by atoms with E-state index in [-0.39, 0.29) is 10.8 Å². The summed E-state index contributed by atoms with van der Waals surface area (Å²) in [6.07, 6.45) is 3.60. The Morgan fingerprint density at radius 2 is 1.89 bits per heavy atom. The lowest BCUT2D eigenvalue weighted by Crippen LogP contribution is -2.36. The molecule has 0 radical (unpaired) electrons. The molecule has 2 aromatic rings. The summed E-state index contributed by atoms with van der Waals surface area (Å²) in [4.78, 5) is 14.8. The average molecular weight is 401 g/mol. The van der Waals surface area contributed by atoms with Crippen LogP contribution in [0, 0.1) is 0 Å². The lowest BCUT2D eigenvalue weighted by Gasteiger charge is -2.30. The summed E-state index contributed by atoms with van der Waals surface area (Å²) < 4.78 is 28.2. The van der Waals surface area contributed by atoms with Crippen molar-refractivity contribution in [2.45, 2.75) is 44.4 Å². The molecule has 0 atom stereocenters. The monoisotopic (exact) mass is 400 g/mol. The Morgan fingerprint density at radius 1 is 1.11 bits per heavy atom. The molecule has 0 saturated heterocycles. The molecule has 0 unspecified atom stereocenters. The van der Waals surface area contributed by atoms with E-state index in [1.165, 1.54) is 10.4 Å². The topological polar surface area (TPSA) is 57.7 Å². The van der Waals surface area contributed by atoms with Crippen molar-refractivity contribution in [3.8, 4) is 0 Å². The summed E-state index contributed by atoms with van der Waals surface area (Å²) in [5.41, 5.74) is 2.20. The minimum atomic E-state index is -3.72. The number of carbonyl (C=O) groups excluding carboxylic acids is 1. The number of nitrogens with zero attached hydrogens (tertiary/aromatic N) is 2. The van der Waals surface area contributed by atoms with Crippen molar-refractivity contribution in [3.63, 3.8) is 0 Å². The fraction of sp³-hybridized carbons (Fsp3) is 0.409. The molecule has 1 aliphatic rings. The number of carbonyl (C=O) groups is 1. The number of benzene rings is 2. The molecule has 28 heavy (non-hydrogen) atoms. The van der Waals surface area contributed by atoms with Crippen LogP contribution in [0.5, 0.6) is 0 Å². The summed E-state index contributed by atoms with van der Waals surface area (Å²) in [5.74, 6) is -0.118. The number of hydrogen-bond acceptors (Lipinski definition) is 3. The first-order chi connectivity index (χ1) is 13.5. The molecule has 5 nitrogen and oxygen atoms in total. The Hall–Kier alpha value is -2.34. The van der Waals surface area contributed by atoms with Crippen LogP contribution in [0.15, 0.2) is 53.4 Å². The third-order valence-corrected chi connectivity index (χ3v) is 7.00. The van der Waals surface area contributed by atoms with Gasteiger partial charge in [-0.1, -0.05) is 37.6 Å². The van der Waals surface area contributed by atoms with E-state index in [4.69, 9.17) is 0 Å². The first-order valence-electron chi connectivity index (χ1n) is 9.99. The fourth-order valence-corrected chi connectivity index (χ4v) is 5.19. The van der Waals surface area contributed by atoms with Crippen molar-refractivity contribution in [3.05, 3.63) is 59.7 Å². The highest BCUT2D eigenvalue weighted by molar-refractivity contribution is 7.92. The zero-order valence-electron chi connectivity index (χ0n) is 16.6. The number of aryl methyl sites for hydroxylation is 1. The largest absolute Gasteiger partial charge is 0.339 e. The van der Waals surface area contributed by atoms with Gasteiger partial charge in [0, 0.05) is 25.2 Å². The standard InChI is InChI=1S/C22H28N2O3S/c1-3-5-15-23(4-2)22(25)19-11-8-13-20(17-19)28(26,27)24-16-9-12-18-10-6-7-14-21(18)24/h6-8,10-11,13-14,17H,3-5,9,12,15-16H2,1-2H3. The van der Waals surface area contributed by atoms with E-state index >= 15 is 0 Å². The van der Waals surface area contributed by atoms with Crippen LogP contribution >= 0.6 is 0 Å². The Bertz CT molecular complexity index is 940. The van der Waals surface area contributed by atoms with Gasteiger partial charge in [-0.25, -0.2) is 8.42 Å². The lowest BCUT2D eigenvalue weighted by molar-refractivity contribution is 0.0762. The van der Waals surface area contributed by atoms with Crippen molar-refractivity contribution >= 4 is 21.6 Å². The Balaban J connectivity index is 1.92. The highest BCUT2D eigenvalue weighted by atomic mass is 32.2. The zero-order chi connectivity index (χ0) is 20.1. The molecular formula is C22H28N2O3S. The molecule has 0 fully saturated rings. The Morgan fingerprint density at radius 3 is 2.64 bits per heavy atom. The SMILES string of the molecule is CCCCN(CC)C(=O)c1cccc(S(=O)(=O)N2CCCc3ccccc32)c1. The van der Waals surface area contributed by atoms with Crippen LogP contribution in [0.3, 0.4) is 0 Å². The number of para-hydroxylation sites is 1. The molecule has 1 heterocycles. The van der Waals surface area contributed by atoms with E-state index in [2.05, 4.69) is 6.92 Å².